The molecule has 1 amide bonds. The lowest BCUT2D eigenvalue weighted by atomic mass is 9.47. The number of fused-ring (bicyclic) bond motifs is 5. The SMILES string of the molecule is C[C@]12CCCN(C(=O)C(F)(F)F)C1CC[C@@H]1[C@@H]2CC[C@]2(C)C(OS(=O)(=O)C(F)(F)F)=CC[C@@H]12. The molecule has 4 rings (SSSR count). The molecular formula is C21H27F6NO4S. The molecule has 12 heteroatoms. The number of allylic oxidation sites excluding steroid dienone is 2. The van der Waals surface area contributed by atoms with Gasteiger partial charge >= 0.3 is 27.7 Å². The Morgan fingerprint density at radius 1 is 1.06 bits per heavy atom. The quantitative estimate of drug-likeness (QED) is 0.297. The molecule has 3 aliphatic carbocycles. The van der Waals surface area contributed by atoms with E-state index in [0.29, 0.717) is 44.9 Å². The van der Waals surface area contributed by atoms with Gasteiger partial charge in [0.2, 0.25) is 0 Å². The van der Waals surface area contributed by atoms with Gasteiger partial charge in [-0.15, -0.1) is 0 Å². The Bertz CT molecular complexity index is 961. The van der Waals surface area contributed by atoms with Gasteiger partial charge in [0.1, 0.15) is 5.76 Å². The second-order valence-electron chi connectivity index (χ2n) is 10.3. The minimum atomic E-state index is -5.78. The van der Waals surface area contributed by atoms with Crippen LogP contribution in [0.4, 0.5) is 26.3 Å². The van der Waals surface area contributed by atoms with E-state index in [1.807, 2.05) is 6.92 Å². The zero-order valence-corrected chi connectivity index (χ0v) is 19.1. The molecule has 3 fully saturated rings. The van der Waals surface area contributed by atoms with Crippen molar-refractivity contribution < 1.29 is 43.7 Å². The van der Waals surface area contributed by atoms with Gasteiger partial charge in [-0.25, -0.2) is 0 Å². The van der Waals surface area contributed by atoms with E-state index < -0.39 is 44.6 Å². The van der Waals surface area contributed by atoms with Gasteiger partial charge in [-0.3, -0.25) is 4.79 Å². The summed E-state index contributed by atoms with van der Waals surface area (Å²) in [6, 6.07) is -0.540. The molecule has 1 unspecified atom stereocenters. The lowest BCUT2D eigenvalue weighted by Crippen LogP contribution is -2.63. The normalized spacial score (nSPS) is 39.3. The summed E-state index contributed by atoms with van der Waals surface area (Å²) >= 11 is 0. The Labute approximate surface area is 188 Å². The number of nitrogens with zero attached hydrogens (tertiary/aromatic N) is 1. The Kier molecular flexibility index (Phi) is 5.62. The molecule has 0 radical (unpaired) electrons. The summed E-state index contributed by atoms with van der Waals surface area (Å²) in [5.41, 5.74) is -6.95. The van der Waals surface area contributed by atoms with Crippen LogP contribution in [0.15, 0.2) is 11.8 Å². The van der Waals surface area contributed by atoms with Crippen molar-refractivity contribution >= 4 is 16.0 Å². The highest BCUT2D eigenvalue weighted by Gasteiger charge is 2.62. The number of piperidine rings is 1. The average molecular weight is 504 g/mol. The third kappa shape index (κ3) is 3.74. The van der Waals surface area contributed by atoms with E-state index >= 15 is 0 Å². The Morgan fingerprint density at radius 2 is 1.73 bits per heavy atom. The first-order chi connectivity index (χ1) is 15.0. The molecule has 1 heterocycles. The Morgan fingerprint density at radius 3 is 2.33 bits per heavy atom. The number of hydrogen-bond acceptors (Lipinski definition) is 4. The van der Waals surface area contributed by atoms with Crippen LogP contribution in [0, 0.1) is 28.6 Å². The van der Waals surface area contributed by atoms with Gasteiger partial charge in [-0.1, -0.05) is 13.8 Å². The van der Waals surface area contributed by atoms with Crippen molar-refractivity contribution in [3.8, 4) is 0 Å². The number of halogens is 6. The molecule has 4 aliphatic rings. The topological polar surface area (TPSA) is 63.7 Å². The predicted octanol–water partition coefficient (Wildman–Crippen LogP) is 5.14. The van der Waals surface area contributed by atoms with E-state index in [4.69, 9.17) is 0 Å². The third-order valence-electron chi connectivity index (χ3n) is 8.81. The maximum absolute atomic E-state index is 13.2. The molecule has 0 aromatic rings. The van der Waals surface area contributed by atoms with E-state index in [-0.39, 0.29) is 30.1 Å². The van der Waals surface area contributed by atoms with Crippen LogP contribution in [0.25, 0.3) is 0 Å². The number of rotatable bonds is 2. The molecule has 0 bridgehead atoms. The molecule has 0 spiro atoms. The monoisotopic (exact) mass is 503 g/mol. The maximum Gasteiger partial charge on any atom is 0.534 e. The minimum Gasteiger partial charge on any atom is -0.380 e. The van der Waals surface area contributed by atoms with E-state index in [9.17, 15) is 39.6 Å². The fourth-order valence-electron chi connectivity index (χ4n) is 7.31. The number of carbonyl (C=O) groups is 1. The van der Waals surface area contributed by atoms with Crippen LogP contribution in [0.5, 0.6) is 0 Å². The smallest absolute Gasteiger partial charge is 0.380 e. The molecule has 2 saturated carbocycles. The van der Waals surface area contributed by atoms with E-state index in [0.717, 1.165) is 4.90 Å². The highest BCUT2D eigenvalue weighted by Crippen LogP contribution is 2.65. The van der Waals surface area contributed by atoms with Crippen LogP contribution in [0.1, 0.15) is 58.8 Å². The zero-order chi connectivity index (χ0) is 24.6. The lowest BCUT2D eigenvalue weighted by molar-refractivity contribution is -0.200. The molecular weight excluding hydrogens is 476 g/mol. The summed E-state index contributed by atoms with van der Waals surface area (Å²) in [6.07, 6.45) is -0.245. The largest absolute Gasteiger partial charge is 0.534 e. The van der Waals surface area contributed by atoms with Crippen molar-refractivity contribution in [2.45, 2.75) is 76.5 Å². The average Bonchev–Trinajstić information content (AvgIpc) is 3.00. The molecule has 5 nitrogen and oxygen atoms in total. The van der Waals surface area contributed by atoms with Gasteiger partial charge in [-0.2, -0.15) is 34.8 Å². The molecule has 0 aromatic heterocycles. The van der Waals surface area contributed by atoms with E-state index in [1.54, 1.807) is 6.92 Å². The highest BCUT2D eigenvalue weighted by molar-refractivity contribution is 7.87. The number of hydrogen-bond donors (Lipinski definition) is 0. The Balaban J connectivity index is 1.58. The number of amides is 1. The lowest BCUT2D eigenvalue weighted by Gasteiger charge is -2.61. The third-order valence-corrected chi connectivity index (χ3v) is 9.77. The van der Waals surface area contributed by atoms with E-state index in [1.165, 1.54) is 6.08 Å². The summed E-state index contributed by atoms with van der Waals surface area (Å²) in [5.74, 6) is -2.18. The second kappa shape index (κ2) is 7.52. The second-order valence-corrected chi connectivity index (χ2v) is 11.9. The van der Waals surface area contributed by atoms with Gasteiger partial charge in [0.15, 0.2) is 0 Å². The van der Waals surface area contributed by atoms with Crippen LogP contribution >= 0.6 is 0 Å². The van der Waals surface area contributed by atoms with Crippen LogP contribution in [0.3, 0.4) is 0 Å². The van der Waals surface area contributed by atoms with Crippen molar-refractivity contribution in [3.63, 3.8) is 0 Å². The zero-order valence-electron chi connectivity index (χ0n) is 18.3. The molecule has 0 aromatic carbocycles. The first-order valence-electron chi connectivity index (χ1n) is 11.1. The first-order valence-corrected chi connectivity index (χ1v) is 12.5. The minimum absolute atomic E-state index is 0.00289. The first kappa shape index (κ1) is 24.7. The fraction of sp³-hybridized carbons (Fsp3) is 0.857. The summed E-state index contributed by atoms with van der Waals surface area (Å²) in [4.78, 5) is 13.1. The molecule has 1 aliphatic heterocycles. The van der Waals surface area contributed by atoms with Gasteiger partial charge < -0.3 is 9.08 Å². The number of likely N-dealkylation sites (tertiary alicyclic amines) is 1. The molecule has 1 saturated heterocycles. The Hall–Kier alpha value is -1.46. The van der Waals surface area contributed by atoms with Crippen molar-refractivity contribution in [3.05, 3.63) is 11.8 Å². The van der Waals surface area contributed by atoms with Crippen LogP contribution < -0.4 is 0 Å². The predicted molar refractivity (Wildman–Crippen MR) is 105 cm³/mol. The summed E-state index contributed by atoms with van der Waals surface area (Å²) in [5, 5.41) is 0. The molecule has 6 atom stereocenters. The maximum atomic E-state index is 13.2. The fourth-order valence-corrected chi connectivity index (χ4v) is 7.90. The summed E-state index contributed by atoms with van der Waals surface area (Å²) < 4.78 is 106. The van der Waals surface area contributed by atoms with Gasteiger partial charge in [0.25, 0.3) is 0 Å². The summed E-state index contributed by atoms with van der Waals surface area (Å²) in [7, 11) is -5.78. The van der Waals surface area contributed by atoms with Crippen LogP contribution in [-0.2, 0) is 19.1 Å². The van der Waals surface area contributed by atoms with Gasteiger partial charge in [0.05, 0.1) is 0 Å². The van der Waals surface area contributed by atoms with Gasteiger partial charge in [0, 0.05) is 18.0 Å². The number of carbonyl (C=O) groups excluding carboxylic acids is 1. The highest BCUT2D eigenvalue weighted by atomic mass is 32.2. The van der Waals surface area contributed by atoms with Crippen molar-refractivity contribution in [2.75, 3.05) is 6.54 Å². The standard InChI is InChI=1S/C21H27F6NO4S/c1-18-9-3-11-28(17(29)20(22,23)24)15(18)6-4-12-13-5-7-16(19(13,2)10-8-14(12)18)32-33(30,31)21(25,26)27/h7,12-15H,3-6,8-11H2,1-2H3/t12-,13-,14-,15?,18+,19-/m0/s1. The molecule has 188 valence electrons. The van der Waals surface area contributed by atoms with Crippen LogP contribution in [0.2, 0.25) is 0 Å². The van der Waals surface area contributed by atoms with Gasteiger partial charge in [-0.05, 0) is 74.2 Å². The van der Waals surface area contributed by atoms with Crippen molar-refractivity contribution in [1.29, 1.82) is 0 Å². The van der Waals surface area contributed by atoms with Crippen molar-refractivity contribution in [2.24, 2.45) is 28.6 Å². The summed E-state index contributed by atoms with van der Waals surface area (Å²) in [6.45, 7) is 3.71. The van der Waals surface area contributed by atoms with Crippen molar-refractivity contribution in [1.82, 2.24) is 4.90 Å². The van der Waals surface area contributed by atoms with E-state index in [2.05, 4.69) is 4.18 Å². The number of alkyl halides is 6. The molecule has 33 heavy (non-hydrogen) atoms. The molecule has 0 N–H and O–H groups in total. The van der Waals surface area contributed by atoms with Crippen LogP contribution in [-0.4, -0.2) is 43.5 Å².